The summed E-state index contributed by atoms with van der Waals surface area (Å²) in [6, 6.07) is 3.93. The molecule has 0 radical (unpaired) electrons. The highest BCUT2D eigenvalue weighted by molar-refractivity contribution is 7.91. The largest absolute Gasteiger partial charge is 0.508 e. The smallest absolute Gasteiger partial charge is 0.287 e. The van der Waals surface area contributed by atoms with Gasteiger partial charge < -0.3 is 5.11 Å². The molecule has 3 aliphatic rings. The average molecular weight is 472 g/mol. The summed E-state index contributed by atoms with van der Waals surface area (Å²) in [6.07, 6.45) is 4.97. The predicted molar refractivity (Wildman–Crippen MR) is 115 cm³/mol. The monoisotopic (exact) mass is 472 g/mol. The van der Waals surface area contributed by atoms with Crippen LogP contribution < -0.4 is 0 Å². The maximum atomic E-state index is 13.5. The first kappa shape index (κ1) is 22.7. The van der Waals surface area contributed by atoms with E-state index in [1.165, 1.54) is 30.4 Å². The second-order valence-electron chi connectivity index (χ2n) is 8.49. The minimum absolute atomic E-state index is 0.141. The van der Waals surface area contributed by atoms with Crippen LogP contribution in [-0.2, 0) is 34.4 Å². The van der Waals surface area contributed by atoms with Gasteiger partial charge in [0.2, 0.25) is 11.8 Å². The summed E-state index contributed by atoms with van der Waals surface area (Å²) < 4.78 is 23.4. The van der Waals surface area contributed by atoms with Crippen molar-refractivity contribution in [3.63, 3.8) is 0 Å². The molecule has 3 atom stereocenters. The van der Waals surface area contributed by atoms with Crippen LogP contribution in [0.15, 0.2) is 47.2 Å². The summed E-state index contributed by atoms with van der Waals surface area (Å²) in [6.45, 7) is -0.146. The number of carbonyl (C=O) groups excluding carboxylic acids is 4. The molecular weight excluding hydrogens is 452 g/mol. The second kappa shape index (κ2) is 7.84. The van der Waals surface area contributed by atoms with Crippen LogP contribution in [0.3, 0.4) is 0 Å². The molecule has 0 aromatic heterocycles. The number of phenolic OH excluding ortho intramolecular Hbond substituents is 1. The van der Waals surface area contributed by atoms with Crippen LogP contribution in [0.5, 0.6) is 5.75 Å². The number of ketones is 1. The van der Waals surface area contributed by atoms with E-state index in [4.69, 9.17) is 0 Å². The van der Waals surface area contributed by atoms with Gasteiger partial charge in [0, 0.05) is 17.9 Å². The molecule has 1 aliphatic heterocycles. The first-order chi connectivity index (χ1) is 15.5. The Morgan fingerprint density at radius 2 is 2.00 bits per heavy atom. The van der Waals surface area contributed by atoms with Crippen molar-refractivity contribution in [2.24, 2.45) is 5.18 Å². The third kappa shape index (κ3) is 3.62. The molecular formula is C22H20N2O8S. The van der Waals surface area contributed by atoms with Crippen LogP contribution >= 0.6 is 0 Å². The van der Waals surface area contributed by atoms with Crippen LogP contribution in [0.4, 0.5) is 0 Å². The number of hydrogen-bond acceptors (Lipinski definition) is 8. The lowest BCUT2D eigenvalue weighted by atomic mass is 9.78. The van der Waals surface area contributed by atoms with Crippen molar-refractivity contribution in [2.75, 3.05) is 12.8 Å². The van der Waals surface area contributed by atoms with E-state index in [0.717, 1.165) is 11.2 Å². The molecule has 3 unspecified atom stereocenters. The lowest BCUT2D eigenvalue weighted by molar-refractivity contribution is -0.141. The number of nitroso groups, excluding NO2 is 1. The number of imide groups is 1. The molecule has 1 saturated heterocycles. The quantitative estimate of drug-likeness (QED) is 0.378. The predicted octanol–water partition coefficient (Wildman–Crippen LogP) is 1.04. The maximum Gasteiger partial charge on any atom is 0.287 e. The number of nitrogens with zero attached hydrogens (tertiary/aromatic N) is 2. The Hall–Kier alpha value is -3.47. The molecule has 1 aromatic rings. The van der Waals surface area contributed by atoms with Crippen LogP contribution in [-0.4, -0.2) is 60.0 Å². The van der Waals surface area contributed by atoms with Crippen molar-refractivity contribution in [3.05, 3.63) is 58.0 Å². The molecule has 1 N–H and O–H groups in total. The van der Waals surface area contributed by atoms with Crippen molar-refractivity contribution >= 4 is 33.3 Å². The van der Waals surface area contributed by atoms with Crippen molar-refractivity contribution in [1.29, 1.82) is 0 Å². The summed E-state index contributed by atoms with van der Waals surface area (Å²) in [7, 11) is -3.28. The van der Waals surface area contributed by atoms with Crippen LogP contribution in [0.2, 0.25) is 0 Å². The van der Waals surface area contributed by atoms with Crippen molar-refractivity contribution in [3.8, 4) is 5.75 Å². The van der Waals surface area contributed by atoms with E-state index in [2.05, 4.69) is 5.18 Å². The number of fused-ring (bicyclic) bond motifs is 2. The number of hydrogen-bond donors (Lipinski definition) is 1. The van der Waals surface area contributed by atoms with E-state index in [1.807, 2.05) is 0 Å². The molecule has 1 fully saturated rings. The molecule has 3 amide bonds. The molecule has 2 aliphatic carbocycles. The van der Waals surface area contributed by atoms with Gasteiger partial charge in [-0.05, 0) is 35.3 Å². The number of likely N-dealkylation sites (tertiary alicyclic amines) is 1. The van der Waals surface area contributed by atoms with E-state index in [0.29, 0.717) is 11.1 Å². The van der Waals surface area contributed by atoms with Crippen molar-refractivity contribution in [1.82, 2.24) is 4.90 Å². The molecule has 11 heteroatoms. The number of sulfone groups is 1. The zero-order valence-corrected chi connectivity index (χ0v) is 18.4. The average Bonchev–Trinajstić information content (AvgIpc) is 3.14. The van der Waals surface area contributed by atoms with Gasteiger partial charge in [0.1, 0.15) is 11.2 Å². The van der Waals surface area contributed by atoms with Gasteiger partial charge in [-0.2, -0.15) is 0 Å². The van der Waals surface area contributed by atoms with Gasteiger partial charge in [0.25, 0.3) is 5.91 Å². The summed E-state index contributed by atoms with van der Waals surface area (Å²) in [5.74, 6) is -4.49. The summed E-state index contributed by atoms with van der Waals surface area (Å²) >= 11 is 0. The van der Waals surface area contributed by atoms with Gasteiger partial charge in [0.15, 0.2) is 15.6 Å². The van der Waals surface area contributed by atoms with E-state index < -0.39 is 62.8 Å². The fourth-order valence-corrected chi connectivity index (χ4v) is 5.58. The first-order valence-electron chi connectivity index (χ1n) is 10.1. The zero-order valence-electron chi connectivity index (χ0n) is 17.6. The Morgan fingerprint density at radius 3 is 2.61 bits per heavy atom. The number of allylic oxidation sites excluding steroid dienone is 1. The second-order valence-corrected chi connectivity index (χ2v) is 10.8. The highest BCUT2D eigenvalue weighted by Gasteiger charge is 2.63. The highest BCUT2D eigenvalue weighted by atomic mass is 32.2. The number of aromatic hydroxyl groups is 1. The molecule has 1 spiro atoms. The van der Waals surface area contributed by atoms with Crippen LogP contribution in [0.1, 0.15) is 36.3 Å². The van der Waals surface area contributed by atoms with Gasteiger partial charge in [-0.3, -0.25) is 24.1 Å². The molecule has 0 saturated carbocycles. The molecule has 4 rings (SSSR count). The van der Waals surface area contributed by atoms with Crippen molar-refractivity contribution < 1.29 is 32.7 Å². The van der Waals surface area contributed by atoms with E-state index in [-0.39, 0.29) is 24.3 Å². The minimum Gasteiger partial charge on any atom is -0.508 e. The fourth-order valence-electron chi connectivity index (χ4n) is 4.77. The van der Waals surface area contributed by atoms with Gasteiger partial charge in [-0.25, -0.2) is 8.42 Å². The number of carbonyl (C=O) groups is 4. The van der Waals surface area contributed by atoms with Gasteiger partial charge in [0.05, 0.1) is 24.1 Å². The lowest BCUT2D eigenvalue weighted by Gasteiger charge is -2.23. The molecule has 1 aromatic carbocycles. The van der Waals surface area contributed by atoms with E-state index >= 15 is 0 Å². The molecule has 172 valence electrons. The first-order valence-corrected chi connectivity index (χ1v) is 12.1. The van der Waals surface area contributed by atoms with E-state index in [9.17, 15) is 37.6 Å². The maximum absolute atomic E-state index is 13.5. The Morgan fingerprint density at radius 1 is 1.27 bits per heavy atom. The van der Waals surface area contributed by atoms with Crippen molar-refractivity contribution in [2.45, 2.75) is 35.8 Å². The highest BCUT2D eigenvalue weighted by Crippen LogP contribution is 2.51. The Bertz CT molecular complexity index is 1280. The zero-order chi connectivity index (χ0) is 24.1. The SMILES string of the molecule is CS(=O)(=O)C1C=CC(CN2C(=O)CC3(C(=O)C(CC(=O)N=O)c4ccc(O)cc43)C2=O)=CC1. The molecule has 10 nitrogen and oxygen atoms in total. The standard InChI is InChI=1S/C22H20N2O8S/c1-33(31,32)14-5-2-12(3-6-14)11-24-19(27)10-22(21(24)29)17-8-13(25)4-7-15(17)16(20(22)28)9-18(26)23-30/h2-5,7-8,14,16,25H,6,9-11H2,1H3. The Labute approximate surface area is 188 Å². The van der Waals surface area contributed by atoms with Crippen LogP contribution in [0.25, 0.3) is 0 Å². The summed E-state index contributed by atoms with van der Waals surface area (Å²) in [5, 5.41) is 11.6. The van der Waals surface area contributed by atoms with Gasteiger partial charge in [-0.15, -0.1) is 4.91 Å². The number of amides is 3. The summed E-state index contributed by atoms with van der Waals surface area (Å²) in [4.78, 5) is 63.0. The number of rotatable bonds is 5. The number of phenols is 1. The number of Topliss-reactive ketones (excluding diaryl/α,β-unsaturated/α-hetero) is 1. The third-order valence-electron chi connectivity index (χ3n) is 6.45. The summed E-state index contributed by atoms with van der Waals surface area (Å²) in [5.41, 5.74) is -0.909. The Balaban J connectivity index is 1.67. The molecule has 1 heterocycles. The minimum atomic E-state index is -3.28. The normalized spacial score (nSPS) is 26.6. The topological polar surface area (TPSA) is 155 Å². The molecule has 0 bridgehead atoms. The van der Waals surface area contributed by atoms with Gasteiger partial charge >= 0.3 is 0 Å². The third-order valence-corrected chi connectivity index (χ3v) is 7.89. The van der Waals surface area contributed by atoms with Crippen LogP contribution in [0, 0.1) is 4.91 Å². The molecule has 33 heavy (non-hydrogen) atoms. The Kier molecular flexibility index (Phi) is 5.39. The lowest BCUT2D eigenvalue weighted by Crippen LogP contribution is -2.43. The fraction of sp³-hybridized carbons (Fsp3) is 0.364. The van der Waals surface area contributed by atoms with E-state index in [1.54, 1.807) is 6.08 Å². The van der Waals surface area contributed by atoms with Gasteiger partial charge in [-0.1, -0.05) is 24.3 Å². The number of benzene rings is 1.